The van der Waals surface area contributed by atoms with Crippen LogP contribution < -0.4 is 9.04 Å². The first-order valence-corrected chi connectivity index (χ1v) is 9.91. The minimum absolute atomic E-state index is 0.280. The molecular formula is C18H17F3N2O3S. The van der Waals surface area contributed by atoms with Crippen LogP contribution >= 0.6 is 10.8 Å². The first-order valence-electron chi connectivity index (χ1n) is 8.24. The Labute approximate surface area is 154 Å². The smallest absolute Gasteiger partial charge is 0.406 e. The molecule has 0 unspecified atom stereocenters. The third kappa shape index (κ3) is 3.71. The number of halogens is 3. The predicted octanol–water partition coefficient (Wildman–Crippen LogP) is 5.61. The first-order chi connectivity index (χ1) is 12.7. The molecule has 3 aromatic rings. The number of benzene rings is 2. The number of H-pyrrole nitrogens is 1. The van der Waals surface area contributed by atoms with E-state index in [9.17, 15) is 22.3 Å². The van der Waals surface area contributed by atoms with Crippen LogP contribution in [0.2, 0.25) is 0 Å². The fourth-order valence-electron chi connectivity index (χ4n) is 3.22. The Hall–Kier alpha value is -2.36. The highest BCUT2D eigenvalue weighted by atomic mass is 32.3. The SMILES string of the molecule is OS1(O)CCCN1c1ccc(-c2cc3ccc(OC(F)(F)F)cc3[nH]2)cc1. The molecule has 27 heavy (non-hydrogen) atoms. The zero-order chi connectivity index (χ0) is 19.2. The molecule has 0 saturated carbocycles. The lowest BCUT2D eigenvalue weighted by molar-refractivity contribution is -0.274. The molecule has 2 aromatic carbocycles. The van der Waals surface area contributed by atoms with Crippen LogP contribution in [0.3, 0.4) is 0 Å². The highest BCUT2D eigenvalue weighted by Crippen LogP contribution is 2.51. The summed E-state index contributed by atoms with van der Waals surface area (Å²) in [5.74, 6) is 0.0945. The van der Waals surface area contributed by atoms with Crippen molar-refractivity contribution in [2.75, 3.05) is 16.6 Å². The number of anilines is 1. The molecule has 1 aliphatic rings. The number of fused-ring (bicyclic) bond motifs is 1. The number of rotatable bonds is 3. The van der Waals surface area contributed by atoms with Crippen molar-refractivity contribution < 1.29 is 27.0 Å². The summed E-state index contributed by atoms with van der Waals surface area (Å²) >= 11 is 0. The zero-order valence-electron chi connectivity index (χ0n) is 14.0. The van der Waals surface area contributed by atoms with Crippen LogP contribution in [-0.2, 0) is 0 Å². The lowest BCUT2D eigenvalue weighted by Gasteiger charge is -2.38. The van der Waals surface area contributed by atoms with Gasteiger partial charge in [-0.3, -0.25) is 13.4 Å². The van der Waals surface area contributed by atoms with E-state index in [1.165, 1.54) is 12.1 Å². The van der Waals surface area contributed by atoms with Gasteiger partial charge in [0.2, 0.25) is 0 Å². The number of ether oxygens (including phenoxy) is 1. The van der Waals surface area contributed by atoms with Gasteiger partial charge in [0.05, 0.1) is 11.4 Å². The summed E-state index contributed by atoms with van der Waals surface area (Å²) in [6, 6.07) is 13.3. The number of hydrogen-bond acceptors (Lipinski definition) is 4. The van der Waals surface area contributed by atoms with Gasteiger partial charge in [-0.15, -0.1) is 23.9 Å². The van der Waals surface area contributed by atoms with Gasteiger partial charge in [0.1, 0.15) is 5.75 Å². The Balaban J connectivity index is 1.60. The second-order valence-corrected chi connectivity index (χ2v) is 8.43. The molecule has 0 amide bonds. The molecule has 0 aliphatic carbocycles. The minimum Gasteiger partial charge on any atom is -0.406 e. The molecular weight excluding hydrogens is 381 g/mol. The second kappa shape index (κ2) is 6.36. The van der Waals surface area contributed by atoms with Crippen molar-refractivity contribution in [2.45, 2.75) is 12.8 Å². The fourth-order valence-corrected chi connectivity index (χ4v) is 4.84. The monoisotopic (exact) mass is 398 g/mol. The number of nitrogens with one attached hydrogen (secondary N) is 1. The Morgan fingerprint density at radius 1 is 1.04 bits per heavy atom. The van der Waals surface area contributed by atoms with Crippen molar-refractivity contribution in [3.05, 3.63) is 48.5 Å². The third-order valence-electron chi connectivity index (χ3n) is 4.43. The lowest BCUT2D eigenvalue weighted by atomic mass is 10.1. The van der Waals surface area contributed by atoms with E-state index in [1.807, 2.05) is 18.2 Å². The highest BCUT2D eigenvalue weighted by molar-refractivity contribution is 8.25. The van der Waals surface area contributed by atoms with Crippen molar-refractivity contribution in [3.63, 3.8) is 0 Å². The van der Waals surface area contributed by atoms with Crippen molar-refractivity contribution in [3.8, 4) is 17.0 Å². The first kappa shape index (κ1) is 18.0. The fraction of sp³-hybridized carbons (Fsp3) is 0.222. The lowest BCUT2D eigenvalue weighted by Crippen LogP contribution is -2.21. The molecule has 0 bridgehead atoms. The van der Waals surface area contributed by atoms with E-state index in [1.54, 1.807) is 22.5 Å². The number of aromatic nitrogens is 1. The number of alkyl halides is 3. The van der Waals surface area contributed by atoms with E-state index in [0.717, 1.165) is 28.8 Å². The van der Waals surface area contributed by atoms with Crippen LogP contribution in [-0.4, -0.2) is 32.7 Å². The van der Waals surface area contributed by atoms with Gasteiger partial charge < -0.3 is 9.72 Å². The number of nitrogens with zero attached hydrogens (tertiary/aromatic N) is 1. The Bertz CT molecular complexity index is 970. The van der Waals surface area contributed by atoms with E-state index in [-0.39, 0.29) is 5.75 Å². The standard InChI is InChI=1S/C18H17F3N2O3S/c19-18(20,21)26-15-7-4-13-10-16(22-17(13)11-15)12-2-5-14(6-3-12)23-8-1-9-27(23,24)25/h2-7,10-11,22,24-25H,1,8-9H2. The summed E-state index contributed by atoms with van der Waals surface area (Å²) in [6.45, 7) is 0.593. The molecule has 1 fully saturated rings. The predicted molar refractivity (Wildman–Crippen MR) is 100 cm³/mol. The largest absolute Gasteiger partial charge is 0.573 e. The van der Waals surface area contributed by atoms with Crippen molar-refractivity contribution in [1.29, 1.82) is 0 Å². The van der Waals surface area contributed by atoms with Gasteiger partial charge in [-0.05, 0) is 42.3 Å². The van der Waals surface area contributed by atoms with E-state index < -0.39 is 17.1 Å². The number of hydrogen-bond donors (Lipinski definition) is 3. The van der Waals surface area contributed by atoms with Crippen LogP contribution in [0.25, 0.3) is 22.2 Å². The van der Waals surface area contributed by atoms with E-state index in [0.29, 0.717) is 17.8 Å². The zero-order valence-corrected chi connectivity index (χ0v) is 14.8. The van der Waals surface area contributed by atoms with Crippen LogP contribution in [0.15, 0.2) is 48.5 Å². The molecule has 1 saturated heterocycles. The molecule has 144 valence electrons. The van der Waals surface area contributed by atoms with Gasteiger partial charge in [0.25, 0.3) is 0 Å². The van der Waals surface area contributed by atoms with Gasteiger partial charge in [-0.25, -0.2) is 0 Å². The van der Waals surface area contributed by atoms with Gasteiger partial charge in [-0.2, -0.15) is 0 Å². The molecule has 0 atom stereocenters. The quantitative estimate of drug-likeness (QED) is 0.536. The summed E-state index contributed by atoms with van der Waals surface area (Å²) in [7, 11) is -2.74. The summed E-state index contributed by atoms with van der Waals surface area (Å²) in [6.07, 6.45) is -4.00. The molecule has 2 heterocycles. The maximum absolute atomic E-state index is 12.4. The highest BCUT2D eigenvalue weighted by Gasteiger charge is 2.31. The van der Waals surface area contributed by atoms with Crippen LogP contribution in [0, 0.1) is 0 Å². The normalized spacial score (nSPS) is 18.0. The molecule has 1 aliphatic heterocycles. The molecule has 0 radical (unpaired) electrons. The minimum atomic E-state index is -4.73. The maximum Gasteiger partial charge on any atom is 0.573 e. The van der Waals surface area contributed by atoms with Gasteiger partial charge in [-0.1, -0.05) is 12.1 Å². The maximum atomic E-state index is 12.4. The molecule has 4 rings (SSSR count). The van der Waals surface area contributed by atoms with Crippen molar-refractivity contribution in [1.82, 2.24) is 4.98 Å². The van der Waals surface area contributed by atoms with Crippen molar-refractivity contribution >= 4 is 27.4 Å². The summed E-state index contributed by atoms with van der Waals surface area (Å²) in [4.78, 5) is 3.09. The average molecular weight is 398 g/mol. The van der Waals surface area contributed by atoms with Gasteiger partial charge in [0, 0.05) is 29.2 Å². The molecule has 1 aromatic heterocycles. The molecule has 9 heteroatoms. The van der Waals surface area contributed by atoms with Crippen LogP contribution in [0.4, 0.5) is 18.9 Å². The Kier molecular flexibility index (Phi) is 4.25. The van der Waals surface area contributed by atoms with Gasteiger partial charge in [0.15, 0.2) is 0 Å². The van der Waals surface area contributed by atoms with E-state index in [2.05, 4.69) is 9.72 Å². The summed E-state index contributed by atoms with van der Waals surface area (Å²) in [5, 5.41) is 0.761. The van der Waals surface area contributed by atoms with E-state index in [4.69, 9.17) is 0 Å². The van der Waals surface area contributed by atoms with Crippen molar-refractivity contribution in [2.24, 2.45) is 0 Å². The van der Waals surface area contributed by atoms with Gasteiger partial charge >= 0.3 is 6.36 Å². The average Bonchev–Trinajstić information content (AvgIpc) is 3.15. The third-order valence-corrected chi connectivity index (χ3v) is 6.36. The van der Waals surface area contributed by atoms with Crippen LogP contribution in [0.1, 0.15) is 6.42 Å². The Morgan fingerprint density at radius 2 is 1.78 bits per heavy atom. The summed E-state index contributed by atoms with van der Waals surface area (Å²) < 4.78 is 62.8. The molecule has 3 N–H and O–H groups in total. The van der Waals surface area contributed by atoms with Crippen LogP contribution in [0.5, 0.6) is 5.75 Å². The topological polar surface area (TPSA) is 68.7 Å². The second-order valence-electron chi connectivity index (χ2n) is 6.32. The molecule has 0 spiro atoms. The summed E-state index contributed by atoms with van der Waals surface area (Å²) in [5.41, 5.74) is 2.84. The molecule has 5 nitrogen and oxygen atoms in total. The Morgan fingerprint density at radius 3 is 2.41 bits per heavy atom. The van der Waals surface area contributed by atoms with E-state index >= 15 is 0 Å². The number of aromatic amines is 1.